The first kappa shape index (κ1) is 6.52. The number of halogens is 1. The van der Waals surface area contributed by atoms with Gasteiger partial charge in [0, 0.05) is 24.3 Å². The van der Waals surface area contributed by atoms with Crippen LogP contribution in [0.15, 0.2) is 0 Å². The second-order valence-electron chi connectivity index (χ2n) is 2.14. The summed E-state index contributed by atoms with van der Waals surface area (Å²) in [6.07, 6.45) is -0.130. The molecule has 0 aliphatic carbocycles. The molecule has 2 unspecified atom stereocenters. The molecule has 0 radical (unpaired) electrons. The van der Waals surface area contributed by atoms with Gasteiger partial charge in [-0.3, -0.25) is 0 Å². The number of β-amino-alcohol motifs (C(OH)–C–C–N with tert-alkyl or cyclic N) is 1. The van der Waals surface area contributed by atoms with Crippen LogP contribution in [0.25, 0.3) is 0 Å². The lowest BCUT2D eigenvalue weighted by Crippen LogP contribution is -2.18. The molecule has 1 rings (SSSR count). The first-order valence-electron chi connectivity index (χ1n) is 2.79. The van der Waals surface area contributed by atoms with E-state index < -0.39 is 0 Å². The van der Waals surface area contributed by atoms with Gasteiger partial charge in [0.1, 0.15) is 0 Å². The van der Waals surface area contributed by atoms with Gasteiger partial charge in [0.2, 0.25) is 0 Å². The number of hydrogen-bond donors (Lipinski definition) is 2. The van der Waals surface area contributed by atoms with Gasteiger partial charge in [0.05, 0.1) is 6.10 Å². The summed E-state index contributed by atoms with van der Waals surface area (Å²) in [5.74, 6) is 0.426. The molecule has 2 N–H and O–H groups in total. The molecule has 2 atom stereocenters. The van der Waals surface area contributed by atoms with Crippen molar-refractivity contribution in [3.63, 3.8) is 0 Å². The lowest BCUT2D eigenvalue weighted by Gasteiger charge is -2.06. The summed E-state index contributed by atoms with van der Waals surface area (Å²) < 4.78 is 0. The molecule has 0 aromatic rings. The quantitative estimate of drug-likeness (QED) is 0.555. The molecule has 0 aromatic carbocycles. The van der Waals surface area contributed by atoms with Crippen LogP contribution in [0, 0.1) is 5.92 Å². The molecule has 1 heterocycles. The van der Waals surface area contributed by atoms with Crippen molar-refractivity contribution in [1.29, 1.82) is 0 Å². The van der Waals surface area contributed by atoms with Gasteiger partial charge < -0.3 is 10.4 Å². The van der Waals surface area contributed by atoms with Crippen molar-refractivity contribution in [3.05, 3.63) is 0 Å². The van der Waals surface area contributed by atoms with Gasteiger partial charge in [-0.05, 0) is 0 Å². The van der Waals surface area contributed by atoms with E-state index in [2.05, 4.69) is 21.2 Å². The van der Waals surface area contributed by atoms with E-state index in [1.807, 2.05) is 0 Å². The van der Waals surface area contributed by atoms with E-state index >= 15 is 0 Å². The number of hydrogen-bond acceptors (Lipinski definition) is 2. The summed E-state index contributed by atoms with van der Waals surface area (Å²) in [6.45, 7) is 1.71. The van der Waals surface area contributed by atoms with E-state index in [0.29, 0.717) is 5.92 Å². The molecule has 48 valence electrons. The minimum Gasteiger partial charge on any atom is -0.391 e. The molecule has 1 aliphatic heterocycles. The second-order valence-corrected chi connectivity index (χ2v) is 2.79. The van der Waals surface area contributed by atoms with Gasteiger partial charge in [-0.2, -0.15) is 0 Å². The van der Waals surface area contributed by atoms with E-state index in [-0.39, 0.29) is 6.10 Å². The first-order valence-corrected chi connectivity index (χ1v) is 3.91. The lowest BCUT2D eigenvalue weighted by molar-refractivity contribution is 0.159. The van der Waals surface area contributed by atoms with Gasteiger partial charge in [0.15, 0.2) is 0 Å². The monoisotopic (exact) mass is 179 g/mol. The molecule has 8 heavy (non-hydrogen) atoms. The van der Waals surface area contributed by atoms with Gasteiger partial charge in [-0.15, -0.1) is 0 Å². The van der Waals surface area contributed by atoms with Crippen LogP contribution in [0.3, 0.4) is 0 Å². The molecule has 2 nitrogen and oxygen atoms in total. The van der Waals surface area contributed by atoms with E-state index in [0.717, 1.165) is 18.4 Å². The summed E-state index contributed by atoms with van der Waals surface area (Å²) in [5.41, 5.74) is 0. The van der Waals surface area contributed by atoms with E-state index in [1.54, 1.807) is 0 Å². The number of aliphatic hydroxyl groups is 1. The number of alkyl halides is 1. The minimum absolute atomic E-state index is 0.130. The molecule has 1 aliphatic rings. The van der Waals surface area contributed by atoms with Crippen LogP contribution in [0.5, 0.6) is 0 Å². The minimum atomic E-state index is -0.130. The summed E-state index contributed by atoms with van der Waals surface area (Å²) in [4.78, 5) is 0. The highest BCUT2D eigenvalue weighted by atomic mass is 79.9. The fraction of sp³-hybridized carbons (Fsp3) is 1.00. The fourth-order valence-electron chi connectivity index (χ4n) is 0.877. The number of nitrogens with one attached hydrogen (secondary N) is 1. The summed E-state index contributed by atoms with van der Waals surface area (Å²) in [5, 5.41) is 13.1. The third kappa shape index (κ3) is 1.21. The van der Waals surface area contributed by atoms with Crippen molar-refractivity contribution in [2.45, 2.75) is 6.10 Å². The van der Waals surface area contributed by atoms with Gasteiger partial charge in [-0.1, -0.05) is 15.9 Å². The highest BCUT2D eigenvalue weighted by Gasteiger charge is 2.22. The van der Waals surface area contributed by atoms with E-state index in [1.165, 1.54) is 0 Å². The molecule has 3 heteroatoms. The van der Waals surface area contributed by atoms with Crippen LogP contribution in [0.2, 0.25) is 0 Å². The SMILES string of the molecule is OC1CNCC1CBr. The number of rotatable bonds is 1. The van der Waals surface area contributed by atoms with Gasteiger partial charge >= 0.3 is 0 Å². The zero-order chi connectivity index (χ0) is 5.98. The predicted octanol–water partition coefficient (Wildman–Crippen LogP) is -0.0384. The molecule has 0 spiro atoms. The topological polar surface area (TPSA) is 32.3 Å². The van der Waals surface area contributed by atoms with Crippen molar-refractivity contribution in [3.8, 4) is 0 Å². The van der Waals surface area contributed by atoms with Crippen molar-refractivity contribution in [2.24, 2.45) is 5.92 Å². The van der Waals surface area contributed by atoms with Crippen LogP contribution in [-0.2, 0) is 0 Å². The molecule has 0 saturated carbocycles. The Hall–Kier alpha value is 0.400. The van der Waals surface area contributed by atoms with Gasteiger partial charge in [0.25, 0.3) is 0 Å². The summed E-state index contributed by atoms with van der Waals surface area (Å²) >= 11 is 3.32. The van der Waals surface area contributed by atoms with Crippen molar-refractivity contribution >= 4 is 15.9 Å². The maximum atomic E-state index is 9.10. The maximum Gasteiger partial charge on any atom is 0.0712 e. The average Bonchev–Trinajstić information content (AvgIpc) is 2.14. The number of aliphatic hydroxyl groups excluding tert-OH is 1. The largest absolute Gasteiger partial charge is 0.391 e. The summed E-state index contributed by atoms with van der Waals surface area (Å²) in [7, 11) is 0. The zero-order valence-corrected chi connectivity index (χ0v) is 6.19. The van der Waals surface area contributed by atoms with Crippen molar-refractivity contribution in [2.75, 3.05) is 18.4 Å². The molecule has 0 bridgehead atoms. The molecular weight excluding hydrogens is 170 g/mol. The molecule has 0 amide bonds. The lowest BCUT2D eigenvalue weighted by atomic mass is 10.1. The Morgan fingerprint density at radius 3 is 2.62 bits per heavy atom. The maximum absolute atomic E-state index is 9.10. The first-order chi connectivity index (χ1) is 3.84. The molecule has 0 aromatic heterocycles. The predicted molar refractivity (Wildman–Crippen MR) is 36.2 cm³/mol. The third-order valence-corrected chi connectivity index (χ3v) is 2.33. The third-order valence-electron chi connectivity index (χ3n) is 1.50. The van der Waals surface area contributed by atoms with Crippen LogP contribution >= 0.6 is 15.9 Å². The molecular formula is C5H10BrNO. The van der Waals surface area contributed by atoms with Crippen LogP contribution in [-0.4, -0.2) is 29.6 Å². The Balaban J connectivity index is 2.30. The van der Waals surface area contributed by atoms with Gasteiger partial charge in [-0.25, -0.2) is 0 Å². The second kappa shape index (κ2) is 2.80. The molecule has 1 fully saturated rings. The normalized spacial score (nSPS) is 38.2. The Morgan fingerprint density at radius 1 is 1.62 bits per heavy atom. The standard InChI is InChI=1S/C5H10BrNO/c6-1-4-2-7-3-5(4)8/h4-5,7-8H,1-3H2. The Kier molecular flexibility index (Phi) is 2.28. The highest BCUT2D eigenvalue weighted by molar-refractivity contribution is 9.09. The highest BCUT2D eigenvalue weighted by Crippen LogP contribution is 2.10. The van der Waals surface area contributed by atoms with Crippen molar-refractivity contribution in [1.82, 2.24) is 5.32 Å². The fourth-order valence-corrected chi connectivity index (χ4v) is 1.54. The Bertz CT molecular complexity index is 78.8. The zero-order valence-electron chi connectivity index (χ0n) is 4.60. The van der Waals surface area contributed by atoms with Crippen LogP contribution in [0.4, 0.5) is 0 Å². The molecule has 1 saturated heterocycles. The smallest absolute Gasteiger partial charge is 0.0712 e. The van der Waals surface area contributed by atoms with E-state index in [9.17, 15) is 0 Å². The Morgan fingerprint density at radius 2 is 2.38 bits per heavy atom. The Labute approximate surface area is 57.4 Å². The van der Waals surface area contributed by atoms with Crippen LogP contribution in [0.1, 0.15) is 0 Å². The van der Waals surface area contributed by atoms with Crippen LogP contribution < -0.4 is 5.32 Å². The average molecular weight is 180 g/mol. The van der Waals surface area contributed by atoms with E-state index in [4.69, 9.17) is 5.11 Å². The van der Waals surface area contributed by atoms with Crippen molar-refractivity contribution < 1.29 is 5.11 Å². The summed E-state index contributed by atoms with van der Waals surface area (Å²) in [6, 6.07) is 0.